The van der Waals surface area contributed by atoms with Crippen molar-refractivity contribution in [1.82, 2.24) is 9.29 Å². The van der Waals surface area contributed by atoms with Crippen molar-refractivity contribution in [3.63, 3.8) is 0 Å². The Morgan fingerprint density at radius 2 is 1.82 bits per heavy atom. The molecule has 0 unspecified atom stereocenters. The van der Waals surface area contributed by atoms with Gasteiger partial charge in [0, 0.05) is 23.6 Å². The molecule has 5 rings (SSSR count). The highest BCUT2D eigenvalue weighted by Crippen LogP contribution is 2.42. The van der Waals surface area contributed by atoms with Gasteiger partial charge in [0.15, 0.2) is 23.1 Å². The Hall–Kier alpha value is -3.63. The first-order valence-electron chi connectivity index (χ1n) is 12.7. The predicted octanol–water partition coefficient (Wildman–Crippen LogP) is 5.78. The number of sulfonamides is 1. The number of aromatic amines is 1. The number of nitrogens with one attached hydrogen (secondary N) is 1. The van der Waals surface area contributed by atoms with Gasteiger partial charge in [0.25, 0.3) is 0 Å². The molecule has 1 atom stereocenters. The van der Waals surface area contributed by atoms with Crippen molar-refractivity contribution in [2.24, 2.45) is 0 Å². The normalized spacial score (nSPS) is 15.8. The van der Waals surface area contributed by atoms with Crippen LogP contribution in [0.4, 0.5) is 8.78 Å². The third-order valence-corrected chi connectivity index (χ3v) is 9.10. The first kappa shape index (κ1) is 27.0. The van der Waals surface area contributed by atoms with E-state index in [4.69, 9.17) is 14.2 Å². The van der Waals surface area contributed by atoms with Gasteiger partial charge in [-0.2, -0.15) is 4.31 Å². The predicted molar refractivity (Wildman–Crippen MR) is 144 cm³/mol. The Bertz CT molecular complexity index is 1620. The van der Waals surface area contributed by atoms with Crippen molar-refractivity contribution in [1.29, 1.82) is 0 Å². The Morgan fingerprint density at radius 1 is 1.00 bits per heavy atom. The number of benzene rings is 3. The van der Waals surface area contributed by atoms with Gasteiger partial charge in [-0.25, -0.2) is 17.2 Å². The Labute approximate surface area is 226 Å². The molecule has 0 saturated carbocycles. The highest BCUT2D eigenvalue weighted by Gasteiger charge is 2.37. The minimum Gasteiger partial charge on any atom is -0.497 e. The van der Waals surface area contributed by atoms with Gasteiger partial charge in [-0.15, -0.1) is 0 Å². The number of H-pyrrole nitrogens is 1. The highest BCUT2D eigenvalue weighted by molar-refractivity contribution is 7.89. The van der Waals surface area contributed by atoms with E-state index in [0.717, 1.165) is 51.5 Å². The molecule has 0 bridgehead atoms. The highest BCUT2D eigenvalue weighted by atomic mass is 32.2. The molecule has 1 aliphatic heterocycles. The molecule has 2 heterocycles. The van der Waals surface area contributed by atoms with Gasteiger partial charge in [-0.3, -0.25) is 0 Å². The number of fused-ring (bicyclic) bond motifs is 2. The van der Waals surface area contributed by atoms with E-state index in [0.29, 0.717) is 37.4 Å². The molecule has 0 saturated heterocycles. The molecule has 0 spiro atoms. The van der Waals surface area contributed by atoms with Gasteiger partial charge in [-0.05, 0) is 91.4 Å². The maximum absolute atomic E-state index is 14.1. The summed E-state index contributed by atoms with van der Waals surface area (Å²) in [4.78, 5) is 2.98. The lowest BCUT2D eigenvalue weighted by atomic mass is 9.90. The molecule has 206 valence electrons. The van der Waals surface area contributed by atoms with Crippen LogP contribution in [0.5, 0.6) is 17.2 Å². The molecule has 0 amide bonds. The summed E-state index contributed by atoms with van der Waals surface area (Å²) in [5.74, 6) is -0.483. The van der Waals surface area contributed by atoms with Gasteiger partial charge in [0.2, 0.25) is 10.0 Å². The van der Waals surface area contributed by atoms with Crippen LogP contribution < -0.4 is 14.2 Å². The quantitative estimate of drug-likeness (QED) is 0.283. The lowest BCUT2D eigenvalue weighted by molar-refractivity contribution is 0.284. The fourth-order valence-electron chi connectivity index (χ4n) is 5.26. The monoisotopic (exact) mass is 556 g/mol. The molecule has 0 radical (unpaired) electrons. The number of halogens is 2. The van der Waals surface area contributed by atoms with Crippen LogP contribution in [0.15, 0.2) is 59.6 Å². The smallest absolute Gasteiger partial charge is 0.243 e. The van der Waals surface area contributed by atoms with Gasteiger partial charge in [0.05, 0.1) is 31.8 Å². The molecule has 1 aliphatic rings. The summed E-state index contributed by atoms with van der Waals surface area (Å²) in [5, 5.41) is 0.991. The largest absolute Gasteiger partial charge is 0.497 e. The van der Waals surface area contributed by atoms with Crippen LogP contribution in [0.2, 0.25) is 0 Å². The minimum atomic E-state index is -4.15. The lowest BCUT2D eigenvalue weighted by Gasteiger charge is -2.37. The molecule has 0 fully saturated rings. The van der Waals surface area contributed by atoms with E-state index in [2.05, 4.69) is 4.98 Å². The zero-order valence-corrected chi connectivity index (χ0v) is 22.8. The minimum absolute atomic E-state index is 0.178. The van der Waals surface area contributed by atoms with E-state index in [1.807, 2.05) is 43.5 Å². The SMILES string of the molecule is CCOc1cc2c(cc1OC)CCN(S(=O)(=O)c1ccc(F)c(F)c1)[C@H]2CCc1c[nH]c2ccc(OC)cc12. The van der Waals surface area contributed by atoms with Crippen LogP contribution in [0, 0.1) is 11.6 Å². The Balaban J connectivity index is 1.57. The molecule has 3 aromatic carbocycles. The number of nitrogens with zero attached hydrogens (tertiary/aromatic N) is 1. The Kier molecular flexibility index (Phi) is 7.51. The zero-order chi connectivity index (χ0) is 27.7. The second-order valence-corrected chi connectivity index (χ2v) is 11.2. The van der Waals surface area contributed by atoms with Crippen molar-refractivity contribution in [3.8, 4) is 17.2 Å². The topological polar surface area (TPSA) is 80.9 Å². The fraction of sp³-hybridized carbons (Fsp3) is 0.310. The maximum atomic E-state index is 14.1. The number of hydrogen-bond acceptors (Lipinski definition) is 5. The number of methoxy groups -OCH3 is 2. The van der Waals surface area contributed by atoms with E-state index in [1.165, 1.54) is 4.31 Å². The van der Waals surface area contributed by atoms with E-state index in [9.17, 15) is 17.2 Å². The van der Waals surface area contributed by atoms with Gasteiger partial charge >= 0.3 is 0 Å². The molecular formula is C29H30F2N2O5S. The van der Waals surface area contributed by atoms with Gasteiger partial charge in [0.1, 0.15) is 5.75 Å². The fourth-order valence-corrected chi connectivity index (χ4v) is 6.91. The third kappa shape index (κ3) is 5.06. The van der Waals surface area contributed by atoms with Crippen molar-refractivity contribution >= 4 is 20.9 Å². The summed E-state index contributed by atoms with van der Waals surface area (Å²) in [5.41, 5.74) is 3.72. The number of aryl methyl sites for hydroxylation is 1. The van der Waals surface area contributed by atoms with Crippen LogP contribution >= 0.6 is 0 Å². The van der Waals surface area contributed by atoms with Crippen molar-refractivity contribution in [2.45, 2.75) is 37.1 Å². The van der Waals surface area contributed by atoms with Crippen LogP contribution in [0.25, 0.3) is 10.9 Å². The lowest BCUT2D eigenvalue weighted by Crippen LogP contribution is -2.40. The number of hydrogen-bond donors (Lipinski definition) is 1. The second kappa shape index (κ2) is 10.9. The van der Waals surface area contributed by atoms with Gasteiger partial charge < -0.3 is 19.2 Å². The average molecular weight is 557 g/mol. The van der Waals surface area contributed by atoms with E-state index in [1.54, 1.807) is 14.2 Å². The van der Waals surface area contributed by atoms with E-state index < -0.39 is 27.7 Å². The van der Waals surface area contributed by atoms with Crippen molar-refractivity contribution < 1.29 is 31.4 Å². The maximum Gasteiger partial charge on any atom is 0.243 e. The van der Waals surface area contributed by atoms with Crippen molar-refractivity contribution in [3.05, 3.63) is 83.1 Å². The first-order chi connectivity index (χ1) is 18.8. The van der Waals surface area contributed by atoms with Crippen LogP contribution in [-0.2, 0) is 22.9 Å². The zero-order valence-electron chi connectivity index (χ0n) is 22.0. The van der Waals surface area contributed by atoms with Gasteiger partial charge in [-0.1, -0.05) is 0 Å². The molecule has 7 nitrogen and oxygen atoms in total. The van der Waals surface area contributed by atoms with E-state index in [-0.39, 0.29) is 11.4 Å². The summed E-state index contributed by atoms with van der Waals surface area (Å²) < 4.78 is 73.5. The van der Waals surface area contributed by atoms with Crippen LogP contribution in [0.3, 0.4) is 0 Å². The summed E-state index contributed by atoms with van der Waals surface area (Å²) >= 11 is 0. The summed E-state index contributed by atoms with van der Waals surface area (Å²) in [6.45, 7) is 2.45. The molecule has 1 N–H and O–H groups in total. The first-order valence-corrected chi connectivity index (χ1v) is 14.1. The average Bonchev–Trinajstić information content (AvgIpc) is 3.34. The second-order valence-electron chi connectivity index (χ2n) is 9.36. The number of ether oxygens (including phenoxy) is 3. The third-order valence-electron chi connectivity index (χ3n) is 7.19. The molecule has 1 aromatic heterocycles. The van der Waals surface area contributed by atoms with E-state index >= 15 is 0 Å². The summed E-state index contributed by atoms with van der Waals surface area (Å²) in [7, 11) is -0.977. The molecule has 10 heteroatoms. The number of rotatable bonds is 9. The van der Waals surface area contributed by atoms with Crippen molar-refractivity contribution in [2.75, 3.05) is 27.4 Å². The molecular weight excluding hydrogens is 526 g/mol. The van der Waals surface area contributed by atoms with Crippen LogP contribution in [-0.4, -0.2) is 45.1 Å². The summed E-state index contributed by atoms with van der Waals surface area (Å²) in [6, 6.07) is 11.6. The molecule has 39 heavy (non-hydrogen) atoms. The van der Waals surface area contributed by atoms with Crippen LogP contribution in [0.1, 0.15) is 36.1 Å². The summed E-state index contributed by atoms with van der Waals surface area (Å²) in [6.07, 6.45) is 3.35. The molecule has 0 aliphatic carbocycles. The Morgan fingerprint density at radius 3 is 2.54 bits per heavy atom. The number of aromatic nitrogens is 1. The molecule has 4 aromatic rings. The standard InChI is InChI=1S/C29H30F2N2O5S/c1-4-38-29-16-23-18(13-28(29)37-3)11-12-33(39(34,35)21-7-8-24(30)25(31)15-21)27(23)10-5-19-17-32-26-9-6-20(36-2)14-22(19)26/h6-9,13-17,27,32H,4-5,10-12H2,1-3H3/t27-/m0/s1.